The second kappa shape index (κ2) is 8.81. The zero-order valence-corrected chi connectivity index (χ0v) is 17.4. The van der Waals surface area contributed by atoms with Gasteiger partial charge in [0.2, 0.25) is 12.2 Å². The number of hydrogen-bond acceptors (Lipinski definition) is 4. The molecule has 0 aliphatic heterocycles. The molecule has 0 bridgehead atoms. The highest BCUT2D eigenvalue weighted by Crippen LogP contribution is 2.39. The highest BCUT2D eigenvalue weighted by atomic mass is 16.5. The molecule has 0 amide bonds. The molecule has 0 N–H and O–H groups in total. The fraction of sp³-hybridized carbons (Fsp3) is 0.440. The van der Waals surface area contributed by atoms with Gasteiger partial charge in [-0.1, -0.05) is 49.3 Å². The minimum Gasteiger partial charge on any atom is -0.494 e. The third-order valence-electron chi connectivity index (χ3n) is 6.15. The van der Waals surface area contributed by atoms with Gasteiger partial charge in [-0.2, -0.15) is 4.98 Å². The van der Waals surface area contributed by atoms with Crippen molar-refractivity contribution in [1.29, 1.82) is 0 Å². The van der Waals surface area contributed by atoms with Crippen LogP contribution in [0.3, 0.4) is 0 Å². The average molecular weight is 391 g/mol. The van der Waals surface area contributed by atoms with Crippen LogP contribution >= 0.6 is 0 Å². The van der Waals surface area contributed by atoms with Crippen LogP contribution in [0.1, 0.15) is 52.4 Å². The van der Waals surface area contributed by atoms with Crippen molar-refractivity contribution in [3.63, 3.8) is 0 Å². The average Bonchev–Trinajstić information content (AvgIpc) is 3.28. The maximum absolute atomic E-state index is 5.98. The van der Waals surface area contributed by atoms with Crippen LogP contribution in [-0.2, 0) is 0 Å². The van der Waals surface area contributed by atoms with Gasteiger partial charge in [0.25, 0.3) is 0 Å². The van der Waals surface area contributed by atoms with Crippen LogP contribution in [-0.4, -0.2) is 16.7 Å². The monoisotopic (exact) mass is 390 g/mol. The molecule has 0 saturated heterocycles. The van der Waals surface area contributed by atoms with Gasteiger partial charge in [-0.25, -0.2) is 0 Å². The maximum atomic E-state index is 5.98. The van der Waals surface area contributed by atoms with Gasteiger partial charge in [0.15, 0.2) is 0 Å². The van der Waals surface area contributed by atoms with E-state index in [4.69, 9.17) is 9.26 Å². The first-order valence-corrected chi connectivity index (χ1v) is 10.7. The van der Waals surface area contributed by atoms with Crippen molar-refractivity contribution in [2.24, 2.45) is 11.3 Å². The quantitative estimate of drug-likeness (QED) is 0.417. The Bertz CT molecular complexity index is 891. The van der Waals surface area contributed by atoms with Crippen LogP contribution in [0.15, 0.2) is 59.4 Å². The Kier molecular flexibility index (Phi) is 5.98. The molecule has 1 fully saturated rings. The number of benzene rings is 2. The number of nitrogens with zero attached hydrogens (tertiary/aromatic N) is 2. The largest absolute Gasteiger partial charge is 0.494 e. The molecule has 1 aliphatic rings. The summed E-state index contributed by atoms with van der Waals surface area (Å²) in [5, 5.41) is 3.91. The van der Waals surface area contributed by atoms with E-state index in [1.165, 1.54) is 38.5 Å². The summed E-state index contributed by atoms with van der Waals surface area (Å²) >= 11 is 0. The molecule has 0 spiro atoms. The maximum Gasteiger partial charge on any atom is 0.214 e. The molecule has 29 heavy (non-hydrogen) atoms. The van der Waals surface area contributed by atoms with E-state index < -0.39 is 0 Å². The van der Waals surface area contributed by atoms with Gasteiger partial charge >= 0.3 is 0 Å². The van der Waals surface area contributed by atoms with E-state index >= 15 is 0 Å². The van der Waals surface area contributed by atoms with Gasteiger partial charge in [-0.3, -0.25) is 0 Å². The Balaban J connectivity index is 1.27. The Labute approximate surface area is 173 Å². The molecule has 3 aromatic rings. The van der Waals surface area contributed by atoms with Gasteiger partial charge in [-0.15, -0.1) is 0 Å². The lowest BCUT2D eigenvalue weighted by atomic mass is 9.72. The fourth-order valence-electron chi connectivity index (χ4n) is 4.19. The van der Waals surface area contributed by atoms with Crippen LogP contribution in [0.5, 0.6) is 5.75 Å². The minimum absolute atomic E-state index is 0.555. The molecule has 1 saturated carbocycles. The van der Waals surface area contributed by atoms with E-state index in [2.05, 4.69) is 60.4 Å². The first kappa shape index (κ1) is 19.7. The summed E-state index contributed by atoms with van der Waals surface area (Å²) in [4.78, 5) is 4.12. The zero-order valence-electron chi connectivity index (χ0n) is 17.4. The van der Waals surface area contributed by atoms with Crippen LogP contribution in [0.2, 0.25) is 0 Å². The van der Waals surface area contributed by atoms with Crippen molar-refractivity contribution < 1.29 is 9.26 Å². The van der Waals surface area contributed by atoms with Crippen molar-refractivity contribution in [3.8, 4) is 28.3 Å². The molecule has 0 atom stereocenters. The van der Waals surface area contributed by atoms with Crippen molar-refractivity contribution in [1.82, 2.24) is 10.1 Å². The van der Waals surface area contributed by atoms with Crippen LogP contribution in [0, 0.1) is 11.3 Å². The summed E-state index contributed by atoms with van der Waals surface area (Å²) in [5.74, 6) is 2.43. The Morgan fingerprint density at radius 1 is 1.00 bits per heavy atom. The molecule has 152 valence electrons. The summed E-state index contributed by atoms with van der Waals surface area (Å²) in [7, 11) is 0. The third kappa shape index (κ3) is 5.26. The molecule has 2 aromatic carbocycles. The van der Waals surface area contributed by atoms with Gasteiger partial charge in [-0.05, 0) is 79.2 Å². The van der Waals surface area contributed by atoms with Crippen LogP contribution in [0.25, 0.3) is 22.5 Å². The normalized spacial score (nSPS) is 16.6. The second-order valence-corrected chi connectivity index (χ2v) is 8.96. The van der Waals surface area contributed by atoms with E-state index in [1.54, 1.807) is 0 Å². The zero-order chi connectivity index (χ0) is 20.1. The van der Waals surface area contributed by atoms with E-state index in [-0.39, 0.29) is 0 Å². The molecule has 1 heterocycles. The Morgan fingerprint density at radius 3 is 2.48 bits per heavy atom. The molecule has 1 aromatic heterocycles. The van der Waals surface area contributed by atoms with Gasteiger partial charge in [0, 0.05) is 5.56 Å². The van der Waals surface area contributed by atoms with Crippen LogP contribution in [0.4, 0.5) is 0 Å². The highest BCUT2D eigenvalue weighted by molar-refractivity contribution is 5.70. The lowest BCUT2D eigenvalue weighted by Crippen LogP contribution is -2.21. The molecular weight excluding hydrogens is 360 g/mol. The summed E-state index contributed by atoms with van der Waals surface area (Å²) in [6.45, 7) is 5.60. The molecule has 4 rings (SSSR count). The number of aromatic nitrogens is 2. The molecule has 1 aliphatic carbocycles. The van der Waals surface area contributed by atoms with E-state index in [0.717, 1.165) is 41.4 Å². The van der Waals surface area contributed by atoms with Crippen LogP contribution < -0.4 is 4.74 Å². The molecule has 4 nitrogen and oxygen atoms in total. The van der Waals surface area contributed by atoms with Gasteiger partial charge in [0.1, 0.15) is 5.75 Å². The minimum atomic E-state index is 0.555. The summed E-state index contributed by atoms with van der Waals surface area (Å²) in [5.41, 5.74) is 3.77. The number of rotatable bonds is 7. The molecule has 4 heteroatoms. The van der Waals surface area contributed by atoms with Gasteiger partial charge in [0.05, 0.1) is 6.61 Å². The van der Waals surface area contributed by atoms with Crippen molar-refractivity contribution in [3.05, 3.63) is 54.9 Å². The first-order chi connectivity index (χ1) is 14.1. The van der Waals surface area contributed by atoms with E-state index in [0.29, 0.717) is 11.2 Å². The summed E-state index contributed by atoms with van der Waals surface area (Å²) in [6, 6.07) is 16.5. The topological polar surface area (TPSA) is 48.2 Å². The second-order valence-electron chi connectivity index (χ2n) is 8.96. The lowest BCUT2D eigenvalue weighted by molar-refractivity contribution is 0.177. The van der Waals surface area contributed by atoms with Crippen molar-refractivity contribution in [2.75, 3.05) is 6.61 Å². The lowest BCUT2D eigenvalue weighted by Gasteiger charge is -2.34. The van der Waals surface area contributed by atoms with E-state index in [1.807, 2.05) is 12.1 Å². The molecule has 0 radical (unpaired) electrons. The predicted octanol–water partition coefficient (Wildman–Crippen LogP) is 6.78. The van der Waals surface area contributed by atoms with Crippen molar-refractivity contribution >= 4 is 0 Å². The third-order valence-corrected chi connectivity index (χ3v) is 6.15. The first-order valence-electron chi connectivity index (χ1n) is 10.7. The highest BCUT2D eigenvalue weighted by Gasteiger charge is 2.26. The summed E-state index contributed by atoms with van der Waals surface area (Å²) < 4.78 is 10.8. The standard InChI is InChI=1S/C25H30N2O2/c1-25(2)14-12-19(13-15-25)5-4-16-28-23-10-8-20(9-11-23)21-6-3-7-22(17-21)24-26-18-29-27-24/h3,6-11,17-19H,4-5,12-16H2,1-2H3. The molecule has 0 unspecified atom stereocenters. The summed E-state index contributed by atoms with van der Waals surface area (Å²) in [6.07, 6.45) is 9.27. The SMILES string of the molecule is CC1(C)CCC(CCCOc2ccc(-c3cccc(-c4ncon4)c3)cc2)CC1. The van der Waals surface area contributed by atoms with Crippen molar-refractivity contribution in [2.45, 2.75) is 52.4 Å². The fourth-order valence-corrected chi connectivity index (χ4v) is 4.19. The van der Waals surface area contributed by atoms with E-state index in [9.17, 15) is 0 Å². The number of ether oxygens (including phenoxy) is 1. The smallest absolute Gasteiger partial charge is 0.214 e. The number of hydrogen-bond donors (Lipinski definition) is 0. The Morgan fingerprint density at radius 2 is 1.76 bits per heavy atom. The Hall–Kier alpha value is -2.62. The predicted molar refractivity (Wildman–Crippen MR) is 116 cm³/mol. The molecular formula is C25H30N2O2. The van der Waals surface area contributed by atoms with Gasteiger partial charge < -0.3 is 9.26 Å².